The molecule has 0 bridgehead atoms. The molecule has 1 aliphatic heterocycles. The van der Waals surface area contributed by atoms with Crippen molar-refractivity contribution in [2.24, 2.45) is 0 Å². The minimum atomic E-state index is -0.255. The van der Waals surface area contributed by atoms with Crippen molar-refractivity contribution in [2.75, 3.05) is 59.3 Å². The third-order valence-electron chi connectivity index (χ3n) is 5.71. The van der Waals surface area contributed by atoms with Gasteiger partial charge in [-0.3, -0.25) is 19.4 Å². The lowest BCUT2D eigenvalue weighted by Gasteiger charge is -2.22. The fraction of sp³-hybridized carbons (Fsp3) is 0.481. The van der Waals surface area contributed by atoms with Crippen LogP contribution in [0.3, 0.4) is 0 Å². The molecule has 0 spiro atoms. The summed E-state index contributed by atoms with van der Waals surface area (Å²) in [6.45, 7) is 8.25. The first kappa shape index (κ1) is 26.0. The van der Waals surface area contributed by atoms with E-state index >= 15 is 0 Å². The Bertz CT molecular complexity index is 855. The number of benzene rings is 2. The molecule has 3 rings (SSSR count). The van der Waals surface area contributed by atoms with Crippen molar-refractivity contribution in [3.05, 3.63) is 71.3 Å². The third kappa shape index (κ3) is 8.02. The lowest BCUT2D eigenvalue weighted by atomic mass is 10.1. The van der Waals surface area contributed by atoms with Gasteiger partial charge in [0.15, 0.2) is 0 Å². The lowest BCUT2D eigenvalue weighted by molar-refractivity contribution is 0.00740. The van der Waals surface area contributed by atoms with Crippen LogP contribution in [0.4, 0.5) is 0 Å². The molecule has 0 N–H and O–H groups in total. The van der Waals surface area contributed by atoms with Crippen LogP contribution < -0.4 is 0 Å². The maximum atomic E-state index is 12.3. The molecule has 7 heteroatoms. The number of carbonyl (C=O) groups excluding carboxylic acids is 2. The molecule has 2 aromatic carbocycles. The Morgan fingerprint density at radius 3 is 1.88 bits per heavy atom. The normalized spacial score (nSPS) is 13.2. The zero-order valence-corrected chi connectivity index (χ0v) is 20.1. The maximum Gasteiger partial charge on any atom is 0.261 e. The van der Waals surface area contributed by atoms with E-state index in [-0.39, 0.29) is 18.4 Å². The average molecular weight is 469 g/mol. The van der Waals surface area contributed by atoms with Crippen LogP contribution in [-0.4, -0.2) is 80.9 Å². The topological polar surface area (TPSA) is 68.3 Å². The SMILES string of the molecule is CCCCN(CCOCCOCCOCCN1C(=O)c2ccccc2C1=O)Cc1ccccc1. The fourth-order valence-electron chi connectivity index (χ4n) is 3.83. The summed E-state index contributed by atoms with van der Waals surface area (Å²) < 4.78 is 16.8. The summed E-state index contributed by atoms with van der Waals surface area (Å²) >= 11 is 0. The predicted octanol–water partition coefficient (Wildman–Crippen LogP) is 3.63. The first-order chi connectivity index (χ1) is 16.7. The quantitative estimate of drug-likeness (QED) is 0.261. The molecule has 0 saturated heterocycles. The molecule has 0 radical (unpaired) electrons. The number of carbonyl (C=O) groups is 2. The summed E-state index contributed by atoms with van der Waals surface area (Å²) in [7, 11) is 0. The second kappa shape index (κ2) is 14.6. The standard InChI is InChI=1S/C27H36N2O5/c1-2-3-13-28(22-23-9-5-4-6-10-23)14-16-32-18-20-34-21-19-33-17-15-29-26(30)24-11-7-8-12-25(24)27(29)31/h4-12H,2-3,13-22H2,1H3. The highest BCUT2D eigenvalue weighted by atomic mass is 16.5. The van der Waals surface area contributed by atoms with Crippen LogP contribution in [0.2, 0.25) is 0 Å². The highest BCUT2D eigenvalue weighted by Gasteiger charge is 2.34. The number of amides is 2. The predicted molar refractivity (Wildman–Crippen MR) is 131 cm³/mol. The van der Waals surface area contributed by atoms with Crippen molar-refractivity contribution >= 4 is 11.8 Å². The Kier molecular flexibility index (Phi) is 11.2. The molecule has 0 saturated carbocycles. The van der Waals surface area contributed by atoms with Gasteiger partial charge in [-0.1, -0.05) is 55.8 Å². The molecule has 0 unspecified atom stereocenters. The van der Waals surface area contributed by atoms with Crippen LogP contribution in [0, 0.1) is 0 Å². The van der Waals surface area contributed by atoms with Crippen LogP contribution in [0.25, 0.3) is 0 Å². The van der Waals surface area contributed by atoms with Crippen molar-refractivity contribution in [2.45, 2.75) is 26.3 Å². The molecule has 0 atom stereocenters. The third-order valence-corrected chi connectivity index (χ3v) is 5.71. The Hall–Kier alpha value is -2.58. The Labute approximate surface area is 202 Å². The molecule has 34 heavy (non-hydrogen) atoms. The maximum absolute atomic E-state index is 12.3. The van der Waals surface area contributed by atoms with Crippen molar-refractivity contribution < 1.29 is 23.8 Å². The zero-order chi connectivity index (χ0) is 24.0. The van der Waals surface area contributed by atoms with Gasteiger partial charge < -0.3 is 14.2 Å². The number of rotatable bonds is 17. The summed E-state index contributed by atoms with van der Waals surface area (Å²) in [5.74, 6) is -0.510. The zero-order valence-electron chi connectivity index (χ0n) is 20.1. The van der Waals surface area contributed by atoms with Crippen LogP contribution >= 0.6 is 0 Å². The number of hydrogen-bond acceptors (Lipinski definition) is 6. The van der Waals surface area contributed by atoms with Crippen LogP contribution in [0.1, 0.15) is 46.0 Å². The fourth-order valence-corrected chi connectivity index (χ4v) is 3.83. The summed E-state index contributed by atoms with van der Waals surface area (Å²) in [5, 5.41) is 0. The Morgan fingerprint density at radius 2 is 1.26 bits per heavy atom. The largest absolute Gasteiger partial charge is 0.378 e. The number of ether oxygens (including phenoxy) is 3. The molecule has 7 nitrogen and oxygen atoms in total. The van der Waals surface area contributed by atoms with Crippen molar-refractivity contribution in [3.63, 3.8) is 0 Å². The van der Waals surface area contributed by atoms with Gasteiger partial charge in [-0.15, -0.1) is 0 Å². The van der Waals surface area contributed by atoms with E-state index in [4.69, 9.17) is 14.2 Å². The highest BCUT2D eigenvalue weighted by Crippen LogP contribution is 2.21. The average Bonchev–Trinajstić information content (AvgIpc) is 3.11. The number of imide groups is 1. The van der Waals surface area contributed by atoms with Crippen molar-refractivity contribution in [3.8, 4) is 0 Å². The van der Waals surface area contributed by atoms with Crippen LogP contribution in [0.15, 0.2) is 54.6 Å². The first-order valence-electron chi connectivity index (χ1n) is 12.2. The number of unbranched alkanes of at least 4 members (excludes halogenated alkanes) is 1. The molecule has 184 valence electrons. The minimum Gasteiger partial charge on any atom is -0.378 e. The molecule has 0 aliphatic carbocycles. The Balaban J connectivity index is 1.19. The monoisotopic (exact) mass is 468 g/mol. The van der Waals surface area contributed by atoms with Gasteiger partial charge in [-0.2, -0.15) is 0 Å². The van der Waals surface area contributed by atoms with E-state index in [1.165, 1.54) is 23.3 Å². The molecule has 0 aromatic heterocycles. The second-order valence-electron chi connectivity index (χ2n) is 8.26. The van der Waals surface area contributed by atoms with Gasteiger partial charge >= 0.3 is 0 Å². The number of hydrogen-bond donors (Lipinski definition) is 0. The number of fused-ring (bicyclic) bond motifs is 1. The van der Waals surface area contributed by atoms with Gasteiger partial charge in [-0.25, -0.2) is 0 Å². The van der Waals surface area contributed by atoms with Crippen LogP contribution in [-0.2, 0) is 20.8 Å². The Morgan fingerprint density at radius 1 is 0.706 bits per heavy atom. The van der Waals surface area contributed by atoms with E-state index < -0.39 is 0 Å². The van der Waals surface area contributed by atoms with Gasteiger partial charge in [-0.05, 0) is 30.7 Å². The van der Waals surface area contributed by atoms with Gasteiger partial charge in [0, 0.05) is 13.1 Å². The van der Waals surface area contributed by atoms with E-state index in [1.54, 1.807) is 24.3 Å². The van der Waals surface area contributed by atoms with E-state index in [1.807, 2.05) is 6.07 Å². The second-order valence-corrected chi connectivity index (χ2v) is 8.26. The molecule has 2 amide bonds. The van der Waals surface area contributed by atoms with Crippen molar-refractivity contribution in [1.29, 1.82) is 0 Å². The molecule has 0 fully saturated rings. The van der Waals surface area contributed by atoms with Crippen LogP contribution in [0.5, 0.6) is 0 Å². The summed E-state index contributed by atoms with van der Waals surface area (Å²) in [6, 6.07) is 17.4. The van der Waals surface area contributed by atoms with E-state index in [0.29, 0.717) is 50.8 Å². The number of nitrogens with zero attached hydrogens (tertiary/aromatic N) is 2. The smallest absolute Gasteiger partial charge is 0.261 e. The van der Waals surface area contributed by atoms with Gasteiger partial charge in [0.1, 0.15) is 0 Å². The van der Waals surface area contributed by atoms with E-state index in [2.05, 4.69) is 36.1 Å². The van der Waals surface area contributed by atoms with Crippen molar-refractivity contribution in [1.82, 2.24) is 9.80 Å². The van der Waals surface area contributed by atoms with Gasteiger partial charge in [0.25, 0.3) is 11.8 Å². The molecular weight excluding hydrogens is 432 g/mol. The van der Waals surface area contributed by atoms with Gasteiger partial charge in [0.2, 0.25) is 0 Å². The molecular formula is C27H36N2O5. The summed E-state index contributed by atoms with van der Waals surface area (Å²) in [4.78, 5) is 28.3. The molecule has 1 heterocycles. The summed E-state index contributed by atoms with van der Waals surface area (Å²) in [5.41, 5.74) is 2.25. The molecule has 2 aromatic rings. The highest BCUT2D eigenvalue weighted by molar-refractivity contribution is 6.21. The van der Waals surface area contributed by atoms with E-state index in [0.717, 1.165) is 19.6 Å². The molecule has 1 aliphatic rings. The first-order valence-corrected chi connectivity index (χ1v) is 12.2. The minimum absolute atomic E-state index is 0.243. The van der Waals surface area contributed by atoms with E-state index in [9.17, 15) is 9.59 Å². The lowest BCUT2D eigenvalue weighted by Crippen LogP contribution is -2.33. The van der Waals surface area contributed by atoms with Gasteiger partial charge in [0.05, 0.1) is 57.3 Å². The summed E-state index contributed by atoms with van der Waals surface area (Å²) in [6.07, 6.45) is 2.36.